The van der Waals surface area contributed by atoms with Crippen LogP contribution in [0.2, 0.25) is 0 Å². The first-order valence-electron chi connectivity index (χ1n) is 14.5. The van der Waals surface area contributed by atoms with Crippen LogP contribution >= 0.6 is 0 Å². The van der Waals surface area contributed by atoms with Gasteiger partial charge in [-0.2, -0.15) is 5.10 Å². The topological polar surface area (TPSA) is 112 Å². The summed E-state index contributed by atoms with van der Waals surface area (Å²) in [6.07, 6.45) is 7.81. The molecule has 0 aliphatic carbocycles. The maximum Gasteiger partial charge on any atom is 0.161 e. The number of pyridine rings is 3. The van der Waals surface area contributed by atoms with Gasteiger partial charge in [0.2, 0.25) is 0 Å². The first-order valence-corrected chi connectivity index (χ1v) is 14.5. The molecule has 1 fully saturated rings. The molecule has 10 nitrogen and oxygen atoms in total. The van der Waals surface area contributed by atoms with Gasteiger partial charge >= 0.3 is 0 Å². The summed E-state index contributed by atoms with van der Waals surface area (Å²) in [6.45, 7) is 4.30. The van der Waals surface area contributed by atoms with Crippen molar-refractivity contribution >= 4 is 22.1 Å². The number of benzene rings is 1. The molecular formula is C32H32FN9O. The van der Waals surface area contributed by atoms with E-state index >= 15 is 0 Å². The number of aromatic amines is 2. The SMILES string of the molecule is CN(C)Cc1cncc(-c2ccc3[nH]nc(-c4nc5c(-c6cc(F)cc(OCCN7CCCC7)c6)nccc5[nH]4)c3n2)c1. The van der Waals surface area contributed by atoms with Crippen LogP contribution in [0.3, 0.4) is 0 Å². The molecule has 6 heterocycles. The van der Waals surface area contributed by atoms with Crippen molar-refractivity contribution in [1.29, 1.82) is 0 Å². The number of imidazole rings is 1. The predicted molar refractivity (Wildman–Crippen MR) is 164 cm³/mol. The number of rotatable bonds is 9. The Labute approximate surface area is 248 Å². The second-order valence-corrected chi connectivity index (χ2v) is 11.2. The standard InChI is InChI=1S/C32H32FN9O/c1-41(2)19-20-13-22(18-34-17-20)25-5-6-27-30(36-25)31(40-39-27)32-37-26-7-8-35-28(29(26)38-32)21-14-23(33)16-24(15-21)43-12-11-42-9-3-4-10-42/h5-8,13-18H,3-4,9-12,19H2,1-2H3,(H,37,38)(H,39,40). The lowest BCUT2D eigenvalue weighted by Crippen LogP contribution is -2.25. The van der Waals surface area contributed by atoms with E-state index in [2.05, 4.69) is 41.0 Å². The molecule has 43 heavy (non-hydrogen) atoms. The van der Waals surface area contributed by atoms with Crippen molar-refractivity contribution in [3.05, 3.63) is 72.4 Å². The van der Waals surface area contributed by atoms with Gasteiger partial charge in [-0.1, -0.05) is 0 Å². The minimum atomic E-state index is -0.387. The summed E-state index contributed by atoms with van der Waals surface area (Å²) < 4.78 is 20.7. The van der Waals surface area contributed by atoms with Crippen LogP contribution in [0.1, 0.15) is 18.4 Å². The van der Waals surface area contributed by atoms with Crippen LogP contribution in [0.4, 0.5) is 4.39 Å². The summed E-state index contributed by atoms with van der Waals surface area (Å²) in [7, 11) is 4.06. The molecule has 0 spiro atoms. The van der Waals surface area contributed by atoms with Gasteiger partial charge in [0.05, 0.1) is 22.4 Å². The molecule has 0 saturated carbocycles. The monoisotopic (exact) mass is 577 g/mol. The summed E-state index contributed by atoms with van der Waals surface area (Å²) >= 11 is 0. The van der Waals surface area contributed by atoms with Gasteiger partial charge in [-0.15, -0.1) is 0 Å². The zero-order valence-electron chi connectivity index (χ0n) is 24.1. The van der Waals surface area contributed by atoms with Gasteiger partial charge in [-0.25, -0.2) is 14.4 Å². The van der Waals surface area contributed by atoms with Gasteiger partial charge in [-0.3, -0.25) is 20.0 Å². The average Bonchev–Trinajstić information content (AvgIpc) is 3.76. The highest BCUT2D eigenvalue weighted by Crippen LogP contribution is 2.32. The number of nitrogens with zero attached hydrogens (tertiary/aromatic N) is 7. The number of likely N-dealkylation sites (tertiary alicyclic amines) is 1. The molecule has 218 valence electrons. The summed E-state index contributed by atoms with van der Waals surface area (Å²) in [6, 6.07) is 12.5. The molecule has 6 aromatic rings. The van der Waals surface area contributed by atoms with Gasteiger partial charge in [0.1, 0.15) is 29.2 Å². The van der Waals surface area contributed by atoms with Crippen molar-refractivity contribution in [2.75, 3.05) is 40.3 Å². The summed E-state index contributed by atoms with van der Waals surface area (Å²) in [5, 5.41) is 7.61. The maximum absolute atomic E-state index is 14.7. The molecule has 7 rings (SSSR count). The Morgan fingerprint density at radius 1 is 0.930 bits per heavy atom. The molecule has 0 bridgehead atoms. The van der Waals surface area contributed by atoms with Crippen molar-refractivity contribution in [2.24, 2.45) is 0 Å². The van der Waals surface area contributed by atoms with Crippen LogP contribution in [0, 0.1) is 5.82 Å². The van der Waals surface area contributed by atoms with E-state index in [0.29, 0.717) is 46.2 Å². The normalized spacial score (nSPS) is 14.0. The second kappa shape index (κ2) is 11.5. The Kier molecular flexibility index (Phi) is 7.25. The maximum atomic E-state index is 14.7. The van der Waals surface area contributed by atoms with Crippen molar-refractivity contribution in [2.45, 2.75) is 19.4 Å². The van der Waals surface area contributed by atoms with Crippen molar-refractivity contribution in [3.8, 4) is 39.8 Å². The molecule has 0 atom stereocenters. The summed E-state index contributed by atoms with van der Waals surface area (Å²) in [4.78, 5) is 26.6. The molecule has 1 aliphatic rings. The van der Waals surface area contributed by atoms with E-state index in [4.69, 9.17) is 14.7 Å². The van der Waals surface area contributed by atoms with E-state index in [0.717, 1.165) is 54.0 Å². The average molecular weight is 578 g/mol. The Morgan fingerprint density at radius 2 is 1.79 bits per heavy atom. The van der Waals surface area contributed by atoms with Crippen LogP contribution in [0.15, 0.2) is 61.1 Å². The number of ether oxygens (including phenoxy) is 1. The first-order chi connectivity index (χ1) is 21.0. The van der Waals surface area contributed by atoms with E-state index < -0.39 is 0 Å². The van der Waals surface area contributed by atoms with E-state index in [1.165, 1.54) is 25.0 Å². The van der Waals surface area contributed by atoms with Gasteiger partial charge in [0.15, 0.2) is 11.5 Å². The van der Waals surface area contributed by atoms with E-state index in [1.807, 2.05) is 50.8 Å². The van der Waals surface area contributed by atoms with Crippen LogP contribution in [-0.2, 0) is 6.54 Å². The van der Waals surface area contributed by atoms with Crippen LogP contribution in [0.5, 0.6) is 5.75 Å². The molecule has 0 unspecified atom stereocenters. The zero-order chi connectivity index (χ0) is 29.3. The third-order valence-corrected chi connectivity index (χ3v) is 7.64. The summed E-state index contributed by atoms with van der Waals surface area (Å²) in [5.41, 5.74) is 7.39. The molecule has 2 N–H and O–H groups in total. The molecule has 11 heteroatoms. The number of fused-ring (bicyclic) bond motifs is 2. The number of H-pyrrole nitrogens is 2. The quantitative estimate of drug-likeness (QED) is 0.238. The fourth-order valence-corrected chi connectivity index (χ4v) is 5.64. The molecule has 1 aromatic carbocycles. The highest BCUT2D eigenvalue weighted by molar-refractivity contribution is 5.95. The number of aromatic nitrogens is 7. The van der Waals surface area contributed by atoms with E-state index in [9.17, 15) is 4.39 Å². The lowest BCUT2D eigenvalue weighted by molar-refractivity contribution is 0.237. The Morgan fingerprint density at radius 3 is 2.65 bits per heavy atom. The molecule has 0 radical (unpaired) electrons. The number of halogens is 1. The third kappa shape index (κ3) is 5.69. The second-order valence-electron chi connectivity index (χ2n) is 11.2. The molecule has 0 amide bonds. The smallest absolute Gasteiger partial charge is 0.161 e. The largest absolute Gasteiger partial charge is 0.492 e. The van der Waals surface area contributed by atoms with Crippen LogP contribution in [0.25, 0.3) is 56.1 Å². The molecular weight excluding hydrogens is 545 g/mol. The van der Waals surface area contributed by atoms with Crippen molar-refractivity contribution in [1.82, 2.24) is 44.9 Å². The van der Waals surface area contributed by atoms with Crippen molar-refractivity contribution < 1.29 is 9.13 Å². The predicted octanol–water partition coefficient (Wildman–Crippen LogP) is 5.30. The van der Waals surface area contributed by atoms with Gasteiger partial charge < -0.3 is 14.6 Å². The minimum Gasteiger partial charge on any atom is -0.492 e. The molecule has 1 aliphatic heterocycles. The van der Waals surface area contributed by atoms with Crippen LogP contribution in [-0.4, -0.2) is 85.3 Å². The fraction of sp³-hybridized carbons (Fsp3) is 0.281. The third-order valence-electron chi connectivity index (χ3n) is 7.64. The first kappa shape index (κ1) is 27.1. The van der Waals surface area contributed by atoms with Gasteiger partial charge in [0.25, 0.3) is 0 Å². The zero-order valence-corrected chi connectivity index (χ0v) is 24.1. The lowest BCUT2D eigenvalue weighted by Gasteiger charge is -2.15. The van der Waals surface area contributed by atoms with Gasteiger partial charge in [0, 0.05) is 48.9 Å². The number of nitrogens with one attached hydrogen (secondary N) is 2. The molecule has 1 saturated heterocycles. The Bertz CT molecular complexity index is 1910. The van der Waals surface area contributed by atoms with E-state index in [1.54, 1.807) is 6.20 Å². The van der Waals surface area contributed by atoms with Gasteiger partial charge in [-0.05, 0) is 82.0 Å². The van der Waals surface area contributed by atoms with Crippen molar-refractivity contribution in [3.63, 3.8) is 0 Å². The minimum absolute atomic E-state index is 0.387. The lowest BCUT2D eigenvalue weighted by atomic mass is 10.1. The fourth-order valence-electron chi connectivity index (χ4n) is 5.64. The Hall–Kier alpha value is -4.74. The van der Waals surface area contributed by atoms with E-state index in [-0.39, 0.29) is 5.82 Å². The highest BCUT2D eigenvalue weighted by atomic mass is 19.1. The number of hydrogen-bond donors (Lipinski definition) is 2. The number of hydrogen-bond acceptors (Lipinski definition) is 8. The Balaban J connectivity index is 1.21. The summed E-state index contributed by atoms with van der Waals surface area (Å²) in [5.74, 6) is 0.628. The molecule has 5 aromatic heterocycles. The highest BCUT2D eigenvalue weighted by Gasteiger charge is 2.19. The van der Waals surface area contributed by atoms with Crippen LogP contribution < -0.4 is 4.74 Å².